The van der Waals surface area contributed by atoms with Gasteiger partial charge in [-0.3, -0.25) is 0 Å². The summed E-state index contributed by atoms with van der Waals surface area (Å²) in [5, 5.41) is 0. The average Bonchev–Trinajstić information content (AvgIpc) is 3.01. The number of nitrogens with zero attached hydrogens (tertiary/aromatic N) is 2. The monoisotopic (exact) mass is 391 g/mol. The van der Waals surface area contributed by atoms with Crippen molar-refractivity contribution in [3.63, 3.8) is 0 Å². The fourth-order valence-electron chi connectivity index (χ4n) is 4.93. The first-order valence-corrected chi connectivity index (χ1v) is 10.1. The Kier molecular flexibility index (Phi) is 4.30. The van der Waals surface area contributed by atoms with Gasteiger partial charge in [-0.05, 0) is 49.7 Å². The third kappa shape index (κ3) is 2.69. The first-order valence-electron chi connectivity index (χ1n) is 10.1. The molecule has 0 radical (unpaired) electrons. The van der Waals surface area contributed by atoms with Gasteiger partial charge in [0.05, 0.1) is 19.6 Å². The summed E-state index contributed by atoms with van der Waals surface area (Å²) in [5.41, 5.74) is 7.41. The van der Waals surface area contributed by atoms with E-state index in [0.717, 1.165) is 11.5 Å². The number of likely N-dealkylation sites (N-methyl/N-ethyl adjacent to an activating group) is 1. The van der Waals surface area contributed by atoms with E-state index in [0.29, 0.717) is 0 Å². The van der Waals surface area contributed by atoms with Crippen LogP contribution in [-0.2, 0) is 10.8 Å². The standard InChI is InChI=1S/C25H31N2O2/c1-24(2)18-13-16(28-7)9-11-20(18)26(5)22(24)15-23-25(3,4)19-14-17(29-8)10-12-21(19)27(23)6/h9-15H,1-8H3/q+1. The number of methoxy groups -OCH3 is 2. The lowest BCUT2D eigenvalue weighted by Gasteiger charge is -2.25. The topological polar surface area (TPSA) is 24.7 Å². The Morgan fingerprint density at radius 3 is 2.07 bits per heavy atom. The van der Waals surface area contributed by atoms with E-state index >= 15 is 0 Å². The van der Waals surface area contributed by atoms with E-state index in [1.807, 2.05) is 12.1 Å². The van der Waals surface area contributed by atoms with Crippen LogP contribution in [0.15, 0.2) is 48.2 Å². The molecule has 4 heteroatoms. The van der Waals surface area contributed by atoms with Crippen molar-refractivity contribution in [3.8, 4) is 11.5 Å². The van der Waals surface area contributed by atoms with Gasteiger partial charge in [-0.2, -0.15) is 4.58 Å². The van der Waals surface area contributed by atoms with Crippen LogP contribution >= 0.6 is 0 Å². The molecule has 0 aliphatic carbocycles. The quantitative estimate of drug-likeness (QED) is 0.687. The predicted octanol–water partition coefficient (Wildman–Crippen LogP) is 5.02. The van der Waals surface area contributed by atoms with E-state index in [2.05, 4.69) is 81.6 Å². The van der Waals surface area contributed by atoms with Gasteiger partial charge in [0.2, 0.25) is 5.69 Å². The lowest BCUT2D eigenvalue weighted by atomic mass is 9.78. The highest BCUT2D eigenvalue weighted by molar-refractivity contribution is 6.04. The molecule has 0 amide bonds. The van der Waals surface area contributed by atoms with Crippen LogP contribution in [0.2, 0.25) is 0 Å². The molecule has 0 unspecified atom stereocenters. The average molecular weight is 392 g/mol. The summed E-state index contributed by atoms with van der Waals surface area (Å²) in [4.78, 5) is 2.31. The zero-order valence-electron chi connectivity index (χ0n) is 18.8. The first kappa shape index (κ1) is 19.6. The summed E-state index contributed by atoms with van der Waals surface area (Å²) in [7, 11) is 7.76. The molecule has 0 atom stereocenters. The van der Waals surface area contributed by atoms with Crippen molar-refractivity contribution in [2.24, 2.45) is 0 Å². The van der Waals surface area contributed by atoms with Gasteiger partial charge >= 0.3 is 0 Å². The Labute approximate surface area is 174 Å². The van der Waals surface area contributed by atoms with Gasteiger partial charge in [-0.25, -0.2) is 0 Å². The molecule has 0 aromatic heterocycles. The van der Waals surface area contributed by atoms with Crippen LogP contribution in [0.5, 0.6) is 11.5 Å². The second-order valence-electron chi connectivity index (χ2n) is 9.05. The molecule has 2 aromatic carbocycles. The molecule has 0 bridgehead atoms. The third-order valence-electron chi connectivity index (χ3n) is 6.75. The number of hydrogen-bond donors (Lipinski definition) is 0. The van der Waals surface area contributed by atoms with Gasteiger partial charge in [-0.15, -0.1) is 0 Å². The lowest BCUT2D eigenvalue weighted by Crippen LogP contribution is -2.31. The Bertz CT molecular complexity index is 1060. The van der Waals surface area contributed by atoms with Crippen LogP contribution in [0.3, 0.4) is 0 Å². The van der Waals surface area contributed by atoms with Crippen molar-refractivity contribution in [2.45, 2.75) is 38.5 Å². The minimum absolute atomic E-state index is 0.116. The lowest BCUT2D eigenvalue weighted by molar-refractivity contribution is -0.401. The predicted molar refractivity (Wildman–Crippen MR) is 119 cm³/mol. The van der Waals surface area contributed by atoms with Crippen molar-refractivity contribution in [1.82, 2.24) is 0 Å². The summed E-state index contributed by atoms with van der Waals surface area (Å²) < 4.78 is 13.3. The molecule has 29 heavy (non-hydrogen) atoms. The van der Waals surface area contributed by atoms with E-state index in [1.54, 1.807) is 14.2 Å². The molecule has 0 N–H and O–H groups in total. The summed E-state index contributed by atoms with van der Waals surface area (Å²) >= 11 is 0. The van der Waals surface area contributed by atoms with E-state index < -0.39 is 0 Å². The van der Waals surface area contributed by atoms with E-state index in [-0.39, 0.29) is 10.8 Å². The van der Waals surface area contributed by atoms with Crippen LogP contribution < -0.4 is 14.4 Å². The highest BCUT2D eigenvalue weighted by atomic mass is 16.5. The molecule has 2 aliphatic heterocycles. The second-order valence-corrected chi connectivity index (χ2v) is 9.05. The van der Waals surface area contributed by atoms with Crippen molar-refractivity contribution in [3.05, 3.63) is 59.3 Å². The zero-order chi connectivity index (χ0) is 21.1. The molecule has 2 aromatic rings. The smallest absolute Gasteiger partial charge is 0.209 e. The molecule has 4 nitrogen and oxygen atoms in total. The summed E-state index contributed by atoms with van der Waals surface area (Å²) in [6, 6.07) is 12.7. The SMILES string of the molecule is COc1ccc2c(c1)C(C)(C)C(/C=C1\N(C)c3ccc(OC)cc3C1(C)C)=[N+]2C. The van der Waals surface area contributed by atoms with Crippen molar-refractivity contribution in [1.29, 1.82) is 0 Å². The minimum atomic E-state index is -0.116. The van der Waals surface area contributed by atoms with Crippen molar-refractivity contribution in [2.75, 3.05) is 33.2 Å². The van der Waals surface area contributed by atoms with E-state index in [9.17, 15) is 0 Å². The second kappa shape index (κ2) is 6.38. The van der Waals surface area contributed by atoms with E-state index in [1.165, 1.54) is 33.9 Å². The van der Waals surface area contributed by atoms with Gasteiger partial charge in [0.1, 0.15) is 18.5 Å². The number of hydrogen-bond acceptors (Lipinski definition) is 3. The maximum atomic E-state index is 5.49. The molecular formula is C25H31N2O2+. The van der Waals surface area contributed by atoms with Crippen molar-refractivity contribution < 1.29 is 14.0 Å². The molecule has 0 fully saturated rings. The highest BCUT2D eigenvalue weighted by Gasteiger charge is 2.46. The Balaban J connectivity index is 1.85. The largest absolute Gasteiger partial charge is 0.497 e. The third-order valence-corrected chi connectivity index (χ3v) is 6.75. The van der Waals surface area contributed by atoms with E-state index in [4.69, 9.17) is 9.47 Å². The van der Waals surface area contributed by atoms with Gasteiger partial charge in [0.15, 0.2) is 5.71 Å². The van der Waals surface area contributed by atoms with Crippen LogP contribution in [0.1, 0.15) is 38.8 Å². The van der Waals surface area contributed by atoms with Crippen LogP contribution in [0.25, 0.3) is 0 Å². The molecule has 0 saturated heterocycles. The van der Waals surface area contributed by atoms with Crippen LogP contribution in [0, 0.1) is 0 Å². The fraction of sp³-hybridized carbons (Fsp3) is 0.400. The first-order chi connectivity index (χ1) is 13.6. The van der Waals surface area contributed by atoms with Gasteiger partial charge in [0, 0.05) is 41.6 Å². The Morgan fingerprint density at radius 2 is 1.45 bits per heavy atom. The number of fused-ring (bicyclic) bond motifs is 2. The molecule has 152 valence electrons. The van der Waals surface area contributed by atoms with Crippen LogP contribution in [0.4, 0.5) is 11.4 Å². The number of anilines is 1. The molecule has 4 rings (SSSR count). The Morgan fingerprint density at radius 1 is 0.862 bits per heavy atom. The number of ether oxygens (including phenoxy) is 2. The van der Waals surface area contributed by atoms with Crippen LogP contribution in [-0.4, -0.2) is 38.6 Å². The number of benzene rings is 2. The summed E-state index contributed by atoms with van der Waals surface area (Å²) in [6.45, 7) is 9.16. The zero-order valence-corrected chi connectivity index (χ0v) is 18.8. The number of rotatable bonds is 3. The number of allylic oxidation sites excluding steroid dienone is 2. The normalized spacial score (nSPS) is 20.1. The molecular weight excluding hydrogens is 360 g/mol. The molecule has 2 aliphatic rings. The molecule has 0 spiro atoms. The summed E-state index contributed by atoms with van der Waals surface area (Å²) in [6.07, 6.45) is 2.37. The fourth-order valence-corrected chi connectivity index (χ4v) is 4.93. The van der Waals surface area contributed by atoms with Gasteiger partial charge < -0.3 is 14.4 Å². The molecule has 0 saturated carbocycles. The maximum absolute atomic E-state index is 5.49. The van der Waals surface area contributed by atoms with Gasteiger partial charge in [-0.1, -0.05) is 13.8 Å². The summed E-state index contributed by atoms with van der Waals surface area (Å²) in [5.74, 6) is 1.80. The van der Waals surface area contributed by atoms with Crippen molar-refractivity contribution >= 4 is 17.1 Å². The Hall–Kier alpha value is -2.75. The maximum Gasteiger partial charge on any atom is 0.209 e. The molecule has 2 heterocycles. The minimum Gasteiger partial charge on any atom is -0.497 e. The van der Waals surface area contributed by atoms with Gasteiger partial charge in [0.25, 0.3) is 0 Å². The highest BCUT2D eigenvalue weighted by Crippen LogP contribution is 2.49.